The molecule has 2 aromatic carbocycles. The zero-order chi connectivity index (χ0) is 23.7. The normalized spacial score (nSPS) is 16.4. The van der Waals surface area contributed by atoms with E-state index in [4.69, 9.17) is 14.2 Å². The second-order valence-corrected chi connectivity index (χ2v) is 8.67. The van der Waals surface area contributed by atoms with Gasteiger partial charge in [-0.2, -0.15) is 0 Å². The summed E-state index contributed by atoms with van der Waals surface area (Å²) >= 11 is 0. The van der Waals surface area contributed by atoms with Crippen LogP contribution in [0.4, 0.5) is 4.39 Å². The second-order valence-electron chi connectivity index (χ2n) is 8.67. The zero-order valence-corrected chi connectivity index (χ0v) is 19.1. The van der Waals surface area contributed by atoms with Crippen molar-refractivity contribution in [1.29, 1.82) is 0 Å². The molecule has 34 heavy (non-hydrogen) atoms. The predicted octanol–water partition coefficient (Wildman–Crippen LogP) is 3.68. The molecule has 0 fully saturated rings. The Balaban J connectivity index is 1.27. The van der Waals surface area contributed by atoms with E-state index in [1.54, 1.807) is 13.0 Å². The quantitative estimate of drug-likeness (QED) is 0.538. The summed E-state index contributed by atoms with van der Waals surface area (Å²) in [5.74, 6) is 0.783. The molecule has 8 heteroatoms. The third-order valence-electron chi connectivity index (χ3n) is 6.46. The number of nitrogens with one attached hydrogen (secondary N) is 1. The Morgan fingerprint density at radius 2 is 2.03 bits per heavy atom. The van der Waals surface area contributed by atoms with E-state index in [1.165, 1.54) is 12.1 Å². The van der Waals surface area contributed by atoms with Gasteiger partial charge < -0.3 is 24.1 Å². The van der Waals surface area contributed by atoms with Crippen LogP contribution in [0.25, 0.3) is 10.9 Å². The summed E-state index contributed by atoms with van der Waals surface area (Å²) in [6, 6.07) is 10.3. The van der Waals surface area contributed by atoms with Gasteiger partial charge in [-0.1, -0.05) is 6.07 Å². The zero-order valence-electron chi connectivity index (χ0n) is 19.1. The van der Waals surface area contributed by atoms with Crippen molar-refractivity contribution in [2.45, 2.75) is 51.6 Å². The molecule has 1 N–H and O–H groups in total. The predicted molar refractivity (Wildman–Crippen MR) is 123 cm³/mol. The van der Waals surface area contributed by atoms with Crippen molar-refractivity contribution in [1.82, 2.24) is 9.88 Å². The number of carbonyl (C=O) groups is 2. The minimum atomic E-state index is -0.321. The third kappa shape index (κ3) is 4.44. The van der Waals surface area contributed by atoms with Crippen molar-refractivity contribution in [3.05, 3.63) is 59.0 Å². The largest absolute Gasteiger partial charge is 0.465 e. The fourth-order valence-electron chi connectivity index (χ4n) is 4.92. The molecule has 0 radical (unpaired) electrons. The van der Waals surface area contributed by atoms with Crippen molar-refractivity contribution in [3.63, 3.8) is 0 Å². The van der Waals surface area contributed by atoms with Crippen molar-refractivity contribution in [2.24, 2.45) is 0 Å². The van der Waals surface area contributed by atoms with Crippen LogP contribution in [0.5, 0.6) is 11.5 Å². The lowest BCUT2D eigenvalue weighted by molar-refractivity contribution is -0.143. The first kappa shape index (κ1) is 22.3. The summed E-state index contributed by atoms with van der Waals surface area (Å²) < 4.78 is 31.9. The molecule has 3 aromatic rings. The summed E-state index contributed by atoms with van der Waals surface area (Å²) in [4.78, 5) is 24.9. The van der Waals surface area contributed by atoms with Gasteiger partial charge in [0.15, 0.2) is 11.5 Å². The van der Waals surface area contributed by atoms with E-state index < -0.39 is 0 Å². The van der Waals surface area contributed by atoms with E-state index in [0.717, 1.165) is 39.9 Å². The number of rotatable bonds is 7. The number of ether oxygens (including phenoxy) is 3. The minimum Gasteiger partial charge on any atom is -0.465 e. The number of amides is 1. The number of esters is 1. The van der Waals surface area contributed by atoms with Gasteiger partial charge in [-0.25, -0.2) is 4.39 Å². The van der Waals surface area contributed by atoms with Crippen LogP contribution in [-0.4, -0.2) is 35.9 Å². The van der Waals surface area contributed by atoms with E-state index in [9.17, 15) is 14.0 Å². The summed E-state index contributed by atoms with van der Waals surface area (Å²) in [7, 11) is 0. The molecule has 2 aliphatic rings. The molecule has 5 rings (SSSR count). The van der Waals surface area contributed by atoms with Crippen molar-refractivity contribution < 1.29 is 28.2 Å². The van der Waals surface area contributed by atoms with E-state index in [2.05, 4.69) is 5.32 Å². The first-order chi connectivity index (χ1) is 16.5. The summed E-state index contributed by atoms with van der Waals surface area (Å²) in [6.07, 6.45) is 3.01. The molecule has 0 spiro atoms. The average Bonchev–Trinajstić information content (AvgIpc) is 3.40. The standard InChI is InChI=1S/C26H27FN2O5/c1-2-32-26(31)14-29-21-7-5-17(27)12-19(21)20-13-18(6-8-22(20)29)28-25(30)10-4-16-3-9-23-24(11-16)34-15-33-23/h3,5,7,9,11-12,18H,2,4,6,8,10,13-15H2,1H3,(H,28,30)/t18-/m0/s1. The molecule has 1 atom stereocenters. The van der Waals surface area contributed by atoms with Crippen molar-refractivity contribution in [2.75, 3.05) is 13.4 Å². The highest BCUT2D eigenvalue weighted by molar-refractivity contribution is 5.87. The van der Waals surface area contributed by atoms with Crippen LogP contribution in [0.15, 0.2) is 36.4 Å². The average molecular weight is 467 g/mol. The third-order valence-corrected chi connectivity index (χ3v) is 6.46. The van der Waals surface area contributed by atoms with Crippen molar-refractivity contribution >= 4 is 22.8 Å². The Kier molecular flexibility index (Phi) is 6.13. The van der Waals surface area contributed by atoms with Crippen LogP contribution in [0.1, 0.15) is 36.6 Å². The van der Waals surface area contributed by atoms with Crippen LogP contribution < -0.4 is 14.8 Å². The Bertz CT molecular complexity index is 1250. The van der Waals surface area contributed by atoms with E-state index in [-0.39, 0.29) is 37.1 Å². The molecule has 1 amide bonds. The molecule has 0 bridgehead atoms. The van der Waals surface area contributed by atoms with E-state index in [0.29, 0.717) is 38.0 Å². The Morgan fingerprint density at radius 3 is 2.88 bits per heavy atom. The number of fused-ring (bicyclic) bond motifs is 4. The maximum absolute atomic E-state index is 14.1. The first-order valence-corrected chi connectivity index (χ1v) is 11.6. The lowest BCUT2D eigenvalue weighted by Crippen LogP contribution is -2.39. The highest BCUT2D eigenvalue weighted by Crippen LogP contribution is 2.34. The van der Waals surface area contributed by atoms with Gasteiger partial charge in [-0.3, -0.25) is 9.59 Å². The molecule has 0 unspecified atom stereocenters. The monoisotopic (exact) mass is 466 g/mol. The minimum absolute atomic E-state index is 0.0208. The van der Waals surface area contributed by atoms with Crippen molar-refractivity contribution in [3.8, 4) is 11.5 Å². The van der Waals surface area contributed by atoms with Gasteiger partial charge in [-0.05, 0) is 74.1 Å². The van der Waals surface area contributed by atoms with Crippen LogP contribution >= 0.6 is 0 Å². The number of halogens is 1. The lowest BCUT2D eigenvalue weighted by Gasteiger charge is -2.25. The lowest BCUT2D eigenvalue weighted by atomic mass is 9.91. The van der Waals surface area contributed by atoms with E-state index >= 15 is 0 Å². The maximum atomic E-state index is 14.1. The number of aromatic nitrogens is 1. The van der Waals surface area contributed by atoms with Gasteiger partial charge in [0.05, 0.1) is 6.61 Å². The number of carbonyl (C=O) groups excluding carboxylic acids is 2. The fraction of sp³-hybridized carbons (Fsp3) is 0.385. The number of hydrogen-bond donors (Lipinski definition) is 1. The molecule has 1 aliphatic heterocycles. The van der Waals surface area contributed by atoms with Crippen LogP contribution in [0, 0.1) is 5.82 Å². The Labute approximate surface area is 196 Å². The summed E-state index contributed by atoms with van der Waals surface area (Å²) in [5.41, 5.74) is 3.84. The maximum Gasteiger partial charge on any atom is 0.325 e. The topological polar surface area (TPSA) is 78.8 Å². The Hall–Kier alpha value is -3.55. The molecule has 1 aliphatic carbocycles. The highest BCUT2D eigenvalue weighted by Gasteiger charge is 2.27. The van der Waals surface area contributed by atoms with Gasteiger partial charge in [0.2, 0.25) is 12.7 Å². The van der Waals surface area contributed by atoms with Crippen LogP contribution in [-0.2, 0) is 40.1 Å². The molecule has 2 heterocycles. The number of hydrogen-bond acceptors (Lipinski definition) is 5. The molecule has 0 saturated carbocycles. The summed E-state index contributed by atoms with van der Waals surface area (Å²) in [5, 5.41) is 3.93. The SMILES string of the molecule is CCOC(=O)Cn1c2c(c3cc(F)ccc31)C[C@@H](NC(=O)CCc1ccc3c(c1)OCO3)CC2. The fourth-order valence-corrected chi connectivity index (χ4v) is 4.92. The number of nitrogens with zero attached hydrogens (tertiary/aromatic N) is 1. The molecular formula is C26H27FN2O5. The molecule has 178 valence electrons. The first-order valence-electron chi connectivity index (χ1n) is 11.6. The van der Waals surface area contributed by atoms with Crippen LogP contribution in [0.3, 0.4) is 0 Å². The van der Waals surface area contributed by atoms with Crippen LogP contribution in [0.2, 0.25) is 0 Å². The van der Waals surface area contributed by atoms with E-state index in [1.807, 2.05) is 22.8 Å². The molecule has 7 nitrogen and oxygen atoms in total. The van der Waals surface area contributed by atoms with Gasteiger partial charge in [0.25, 0.3) is 0 Å². The van der Waals surface area contributed by atoms with Gasteiger partial charge in [0.1, 0.15) is 12.4 Å². The summed E-state index contributed by atoms with van der Waals surface area (Å²) in [6.45, 7) is 2.41. The molecule has 1 aromatic heterocycles. The Morgan fingerprint density at radius 1 is 1.18 bits per heavy atom. The number of benzene rings is 2. The second kappa shape index (κ2) is 9.37. The molecular weight excluding hydrogens is 439 g/mol. The molecule has 0 saturated heterocycles. The smallest absolute Gasteiger partial charge is 0.325 e. The van der Waals surface area contributed by atoms with Gasteiger partial charge in [0, 0.05) is 29.1 Å². The number of aryl methyl sites for hydroxylation is 1. The van der Waals surface area contributed by atoms with Gasteiger partial charge >= 0.3 is 5.97 Å². The van der Waals surface area contributed by atoms with Gasteiger partial charge in [-0.15, -0.1) is 0 Å². The highest BCUT2D eigenvalue weighted by atomic mass is 19.1.